The first kappa shape index (κ1) is 15.6. The molecule has 0 radical (unpaired) electrons. The number of carbonyl (C=O) groups is 4. The molecule has 0 aromatic heterocycles. The van der Waals surface area contributed by atoms with Crippen molar-refractivity contribution in [2.75, 3.05) is 28.4 Å². The Balaban J connectivity index is 6.00. The second-order valence-corrected chi connectivity index (χ2v) is 2.72. The van der Waals surface area contributed by atoms with E-state index in [9.17, 15) is 19.2 Å². The van der Waals surface area contributed by atoms with E-state index < -0.39 is 35.0 Å². The predicted octanol–water partition coefficient (Wildman–Crippen LogP) is -1.02. The van der Waals surface area contributed by atoms with E-state index in [2.05, 4.69) is 18.9 Å². The summed E-state index contributed by atoms with van der Waals surface area (Å²) >= 11 is 0. The van der Waals surface area contributed by atoms with Gasteiger partial charge in [-0.05, 0) is 0 Å². The van der Waals surface area contributed by atoms with Crippen LogP contribution in [0.25, 0.3) is 0 Å². The SMILES string of the molecule is COC(=O)C(C(=O)OC)=C(C(=O)OC)C(=O)OC. The zero-order valence-electron chi connectivity index (χ0n) is 10.3. The number of methoxy groups -OCH3 is 4. The fourth-order valence-corrected chi connectivity index (χ4v) is 0.983. The van der Waals surface area contributed by atoms with E-state index in [4.69, 9.17) is 0 Å². The summed E-state index contributed by atoms with van der Waals surface area (Å²) in [6, 6.07) is 0. The van der Waals surface area contributed by atoms with Gasteiger partial charge >= 0.3 is 23.9 Å². The first-order chi connectivity index (χ1) is 8.44. The van der Waals surface area contributed by atoms with E-state index in [1.807, 2.05) is 0 Å². The second-order valence-electron chi connectivity index (χ2n) is 2.72. The topological polar surface area (TPSA) is 105 Å². The van der Waals surface area contributed by atoms with Crippen molar-refractivity contribution >= 4 is 23.9 Å². The van der Waals surface area contributed by atoms with Gasteiger partial charge in [0.2, 0.25) is 0 Å². The molecule has 0 aliphatic carbocycles. The van der Waals surface area contributed by atoms with Crippen LogP contribution in [0.2, 0.25) is 0 Å². The molecular weight excluding hydrogens is 248 g/mol. The molecule has 100 valence electrons. The van der Waals surface area contributed by atoms with Crippen LogP contribution in [0, 0.1) is 0 Å². The molecule has 0 aromatic carbocycles. The minimum absolute atomic E-state index is 0.890. The number of hydrogen-bond acceptors (Lipinski definition) is 8. The lowest BCUT2D eigenvalue weighted by Crippen LogP contribution is -2.26. The van der Waals surface area contributed by atoms with E-state index in [0.29, 0.717) is 0 Å². The maximum atomic E-state index is 11.4. The summed E-state index contributed by atoms with van der Waals surface area (Å²) in [5.41, 5.74) is -1.78. The standard InChI is InChI=1S/C10H12O8/c1-15-7(11)5(8(12)16-2)6(9(13)17-3)10(14)18-4/h1-4H3. The van der Waals surface area contributed by atoms with E-state index in [1.165, 1.54) is 0 Å². The molecule has 0 amide bonds. The maximum absolute atomic E-state index is 11.4. The lowest BCUT2D eigenvalue weighted by Gasteiger charge is -2.08. The highest BCUT2D eigenvalue weighted by Gasteiger charge is 2.34. The average Bonchev–Trinajstić information content (AvgIpc) is 2.41. The fraction of sp³-hybridized carbons (Fsp3) is 0.400. The summed E-state index contributed by atoms with van der Waals surface area (Å²) < 4.78 is 17.2. The summed E-state index contributed by atoms with van der Waals surface area (Å²) in [4.78, 5) is 45.6. The highest BCUT2D eigenvalue weighted by Crippen LogP contribution is 2.12. The minimum Gasteiger partial charge on any atom is -0.465 e. The third-order valence-electron chi connectivity index (χ3n) is 1.81. The van der Waals surface area contributed by atoms with Gasteiger partial charge in [0, 0.05) is 0 Å². The van der Waals surface area contributed by atoms with Crippen LogP contribution in [0.3, 0.4) is 0 Å². The molecule has 0 saturated carbocycles. The van der Waals surface area contributed by atoms with Crippen LogP contribution in [-0.2, 0) is 38.1 Å². The molecule has 0 unspecified atom stereocenters. The van der Waals surface area contributed by atoms with Gasteiger partial charge in [0.05, 0.1) is 28.4 Å². The average molecular weight is 260 g/mol. The van der Waals surface area contributed by atoms with Crippen molar-refractivity contribution in [3.8, 4) is 0 Å². The fourth-order valence-electron chi connectivity index (χ4n) is 0.983. The van der Waals surface area contributed by atoms with Crippen LogP contribution < -0.4 is 0 Å². The number of ether oxygens (including phenoxy) is 4. The molecule has 0 N–H and O–H groups in total. The first-order valence-corrected chi connectivity index (χ1v) is 4.52. The summed E-state index contributed by atoms with van der Waals surface area (Å²) in [5, 5.41) is 0. The van der Waals surface area contributed by atoms with Crippen LogP contribution >= 0.6 is 0 Å². The van der Waals surface area contributed by atoms with Gasteiger partial charge in [0.15, 0.2) is 11.1 Å². The Morgan fingerprint density at radius 2 is 0.667 bits per heavy atom. The van der Waals surface area contributed by atoms with Crippen LogP contribution in [0.4, 0.5) is 0 Å². The van der Waals surface area contributed by atoms with Gasteiger partial charge in [0.1, 0.15) is 0 Å². The van der Waals surface area contributed by atoms with Gasteiger partial charge in [0.25, 0.3) is 0 Å². The van der Waals surface area contributed by atoms with E-state index >= 15 is 0 Å². The Morgan fingerprint density at radius 3 is 0.778 bits per heavy atom. The molecule has 0 spiro atoms. The number of carbonyl (C=O) groups excluding carboxylic acids is 4. The van der Waals surface area contributed by atoms with Gasteiger partial charge in [-0.15, -0.1) is 0 Å². The van der Waals surface area contributed by atoms with Gasteiger partial charge < -0.3 is 18.9 Å². The van der Waals surface area contributed by atoms with Crippen molar-refractivity contribution in [2.45, 2.75) is 0 Å². The summed E-state index contributed by atoms with van der Waals surface area (Å²) in [5.74, 6) is -4.86. The van der Waals surface area contributed by atoms with Gasteiger partial charge in [-0.1, -0.05) is 0 Å². The van der Waals surface area contributed by atoms with Gasteiger partial charge in [-0.2, -0.15) is 0 Å². The molecule has 0 aliphatic heterocycles. The smallest absolute Gasteiger partial charge is 0.346 e. The lowest BCUT2D eigenvalue weighted by molar-refractivity contribution is -0.149. The zero-order chi connectivity index (χ0) is 14.3. The number of esters is 4. The quantitative estimate of drug-likeness (QED) is 0.208. The summed E-state index contributed by atoms with van der Waals surface area (Å²) in [7, 11) is 3.88. The second kappa shape index (κ2) is 7.05. The number of hydrogen-bond donors (Lipinski definition) is 0. The number of rotatable bonds is 4. The van der Waals surface area contributed by atoms with Gasteiger partial charge in [-0.3, -0.25) is 0 Å². The Kier molecular flexibility index (Phi) is 6.11. The van der Waals surface area contributed by atoms with Crippen molar-refractivity contribution < 1.29 is 38.1 Å². The Hall–Kier alpha value is -2.38. The molecule has 0 rings (SSSR count). The molecule has 8 nitrogen and oxygen atoms in total. The normalized spacial score (nSPS) is 8.89. The van der Waals surface area contributed by atoms with Crippen LogP contribution in [0.15, 0.2) is 11.1 Å². The molecular formula is C10H12O8. The molecule has 8 heteroatoms. The molecule has 0 saturated heterocycles. The van der Waals surface area contributed by atoms with Crippen LogP contribution in [0.1, 0.15) is 0 Å². The van der Waals surface area contributed by atoms with Crippen molar-refractivity contribution in [3.63, 3.8) is 0 Å². The minimum atomic E-state index is -1.22. The Morgan fingerprint density at radius 1 is 0.500 bits per heavy atom. The van der Waals surface area contributed by atoms with E-state index in [1.54, 1.807) is 0 Å². The van der Waals surface area contributed by atoms with Crippen LogP contribution in [0.5, 0.6) is 0 Å². The molecule has 0 bridgehead atoms. The summed E-state index contributed by atoms with van der Waals surface area (Å²) in [6.07, 6.45) is 0. The Labute approximate surface area is 102 Å². The third kappa shape index (κ3) is 3.30. The van der Waals surface area contributed by atoms with Crippen molar-refractivity contribution in [1.29, 1.82) is 0 Å². The highest BCUT2D eigenvalue weighted by atomic mass is 16.6. The predicted molar refractivity (Wildman–Crippen MR) is 55.1 cm³/mol. The van der Waals surface area contributed by atoms with Crippen molar-refractivity contribution in [2.24, 2.45) is 0 Å². The monoisotopic (exact) mass is 260 g/mol. The third-order valence-corrected chi connectivity index (χ3v) is 1.81. The van der Waals surface area contributed by atoms with Gasteiger partial charge in [-0.25, -0.2) is 19.2 Å². The molecule has 0 fully saturated rings. The maximum Gasteiger partial charge on any atom is 0.346 e. The molecule has 0 aromatic rings. The van der Waals surface area contributed by atoms with Crippen LogP contribution in [-0.4, -0.2) is 52.3 Å². The highest BCUT2D eigenvalue weighted by molar-refractivity contribution is 6.27. The molecule has 18 heavy (non-hydrogen) atoms. The first-order valence-electron chi connectivity index (χ1n) is 4.52. The zero-order valence-corrected chi connectivity index (χ0v) is 10.3. The van der Waals surface area contributed by atoms with Crippen molar-refractivity contribution in [1.82, 2.24) is 0 Å². The largest absolute Gasteiger partial charge is 0.465 e. The molecule has 0 atom stereocenters. The lowest BCUT2D eigenvalue weighted by atomic mass is 10.1. The Bertz CT molecular complexity index is 332. The van der Waals surface area contributed by atoms with Crippen molar-refractivity contribution in [3.05, 3.63) is 11.1 Å². The van der Waals surface area contributed by atoms with E-state index in [-0.39, 0.29) is 0 Å². The van der Waals surface area contributed by atoms with E-state index in [0.717, 1.165) is 28.4 Å². The molecule has 0 heterocycles. The summed E-state index contributed by atoms with van der Waals surface area (Å²) in [6.45, 7) is 0. The molecule has 0 aliphatic rings.